The fourth-order valence-electron chi connectivity index (χ4n) is 2.95. The number of fused-ring (bicyclic) bond motifs is 1. The van der Waals surface area contributed by atoms with Crippen LogP contribution in [0.4, 0.5) is 0 Å². The molecule has 160 valence electrons. The molecular weight excluding hydrogens is 410 g/mol. The predicted octanol–water partition coefficient (Wildman–Crippen LogP) is 1.16. The van der Waals surface area contributed by atoms with Gasteiger partial charge in [-0.2, -0.15) is 4.31 Å². The summed E-state index contributed by atoms with van der Waals surface area (Å²) in [4.78, 5) is 24.4. The molecule has 30 heavy (non-hydrogen) atoms. The molecule has 0 fully saturated rings. The molecule has 0 saturated heterocycles. The molecule has 1 heterocycles. The number of ether oxygens (including phenoxy) is 2. The summed E-state index contributed by atoms with van der Waals surface area (Å²) in [5.74, 6) is -0.370. The minimum atomic E-state index is -3.95. The van der Waals surface area contributed by atoms with E-state index in [1.165, 1.54) is 25.2 Å². The first kappa shape index (κ1) is 21.6. The van der Waals surface area contributed by atoms with E-state index < -0.39 is 28.4 Å². The fraction of sp³-hybridized carbons (Fsp3) is 0.300. The molecule has 0 aromatic heterocycles. The molecule has 0 aliphatic carbocycles. The van der Waals surface area contributed by atoms with Gasteiger partial charge in [-0.3, -0.25) is 20.4 Å². The standard InChI is InChI=1S/C20H23N3O6S/c1-13-4-6-16(14(2)10-13)20(25)22-21-19(24)12-23(3)30(26,27)15-5-7-17-18(11-15)29-9-8-28-17/h4-7,10-11H,8-9,12H2,1-3H3,(H,21,24)(H,22,25). The monoisotopic (exact) mass is 433 g/mol. The average molecular weight is 433 g/mol. The van der Waals surface area contributed by atoms with Gasteiger partial charge in [0.05, 0.1) is 11.4 Å². The summed E-state index contributed by atoms with van der Waals surface area (Å²) in [5, 5.41) is 0. The van der Waals surface area contributed by atoms with Crippen molar-refractivity contribution in [3.8, 4) is 11.5 Å². The van der Waals surface area contributed by atoms with Crippen molar-refractivity contribution in [1.29, 1.82) is 0 Å². The van der Waals surface area contributed by atoms with Crippen LogP contribution in [0.3, 0.4) is 0 Å². The smallest absolute Gasteiger partial charge is 0.269 e. The number of likely N-dealkylation sites (N-methyl/N-ethyl adjacent to an activating group) is 1. The lowest BCUT2D eigenvalue weighted by atomic mass is 10.1. The Balaban J connectivity index is 1.61. The molecule has 1 aliphatic rings. The van der Waals surface area contributed by atoms with Crippen molar-refractivity contribution in [3.63, 3.8) is 0 Å². The normalized spacial score (nSPS) is 13.1. The third-order valence-corrected chi connectivity index (χ3v) is 6.33. The number of amides is 2. The molecule has 2 aromatic rings. The van der Waals surface area contributed by atoms with Gasteiger partial charge in [0.25, 0.3) is 11.8 Å². The molecule has 0 saturated carbocycles. The van der Waals surface area contributed by atoms with E-state index in [2.05, 4.69) is 10.9 Å². The lowest BCUT2D eigenvalue weighted by Crippen LogP contribution is -2.46. The number of carbonyl (C=O) groups excluding carboxylic acids is 2. The summed E-state index contributed by atoms with van der Waals surface area (Å²) < 4.78 is 37.2. The Labute approximate surface area is 175 Å². The second-order valence-corrected chi connectivity index (χ2v) is 8.93. The summed E-state index contributed by atoms with van der Waals surface area (Å²) in [6.07, 6.45) is 0. The Morgan fingerprint density at radius 2 is 1.70 bits per heavy atom. The van der Waals surface area contributed by atoms with Crippen LogP contribution >= 0.6 is 0 Å². The number of sulfonamides is 1. The molecule has 0 unspecified atom stereocenters. The van der Waals surface area contributed by atoms with Gasteiger partial charge in [0.2, 0.25) is 10.0 Å². The summed E-state index contributed by atoms with van der Waals surface area (Å²) in [5.41, 5.74) is 6.73. The van der Waals surface area contributed by atoms with E-state index in [1.807, 2.05) is 13.0 Å². The number of benzene rings is 2. The van der Waals surface area contributed by atoms with Gasteiger partial charge in [0.1, 0.15) is 13.2 Å². The van der Waals surface area contributed by atoms with Crippen molar-refractivity contribution in [2.24, 2.45) is 0 Å². The van der Waals surface area contributed by atoms with Crippen LogP contribution in [0.15, 0.2) is 41.3 Å². The van der Waals surface area contributed by atoms with E-state index >= 15 is 0 Å². The molecule has 1 aliphatic heterocycles. The van der Waals surface area contributed by atoms with Crippen LogP contribution in [0.1, 0.15) is 21.5 Å². The molecule has 0 radical (unpaired) electrons. The summed E-state index contributed by atoms with van der Waals surface area (Å²) in [6.45, 7) is 3.94. The SMILES string of the molecule is Cc1ccc(C(=O)NNC(=O)CN(C)S(=O)(=O)c2ccc3c(c2)OCCO3)c(C)c1. The molecule has 10 heteroatoms. The lowest BCUT2D eigenvalue weighted by molar-refractivity contribution is -0.121. The summed E-state index contributed by atoms with van der Waals surface area (Å²) >= 11 is 0. The number of hydrogen-bond acceptors (Lipinski definition) is 6. The number of nitrogens with zero attached hydrogens (tertiary/aromatic N) is 1. The van der Waals surface area contributed by atoms with Gasteiger partial charge in [-0.15, -0.1) is 0 Å². The predicted molar refractivity (Wildman–Crippen MR) is 109 cm³/mol. The minimum Gasteiger partial charge on any atom is -0.486 e. The van der Waals surface area contributed by atoms with Gasteiger partial charge < -0.3 is 9.47 Å². The van der Waals surface area contributed by atoms with Crippen molar-refractivity contribution < 1.29 is 27.5 Å². The van der Waals surface area contributed by atoms with Gasteiger partial charge in [0.15, 0.2) is 11.5 Å². The summed E-state index contributed by atoms with van der Waals surface area (Å²) in [7, 11) is -2.67. The molecule has 2 amide bonds. The molecule has 0 bridgehead atoms. The van der Waals surface area contributed by atoms with E-state index in [0.29, 0.717) is 30.3 Å². The number of hydrogen-bond donors (Lipinski definition) is 2. The van der Waals surface area contributed by atoms with Crippen molar-refractivity contribution in [2.75, 3.05) is 26.8 Å². The fourth-order valence-corrected chi connectivity index (χ4v) is 4.10. The van der Waals surface area contributed by atoms with Crippen LogP contribution < -0.4 is 20.3 Å². The number of rotatable bonds is 5. The third kappa shape index (κ3) is 4.71. The second kappa shape index (κ2) is 8.72. The molecule has 3 rings (SSSR count). The van der Waals surface area contributed by atoms with Gasteiger partial charge in [-0.25, -0.2) is 8.42 Å². The van der Waals surface area contributed by atoms with Crippen molar-refractivity contribution in [3.05, 3.63) is 53.1 Å². The maximum Gasteiger partial charge on any atom is 0.269 e. The second-order valence-electron chi connectivity index (χ2n) is 6.89. The first-order chi connectivity index (χ1) is 14.2. The Morgan fingerprint density at radius 3 is 2.40 bits per heavy atom. The quantitative estimate of drug-likeness (QED) is 0.684. The number of carbonyl (C=O) groups is 2. The number of nitrogens with one attached hydrogen (secondary N) is 2. The van der Waals surface area contributed by atoms with Gasteiger partial charge in [0, 0.05) is 18.7 Å². The van der Waals surface area contributed by atoms with Crippen LogP contribution in [0.2, 0.25) is 0 Å². The van der Waals surface area contributed by atoms with Crippen LogP contribution in [0, 0.1) is 13.8 Å². The highest BCUT2D eigenvalue weighted by molar-refractivity contribution is 7.89. The Hall–Kier alpha value is -3.11. The van der Waals surface area contributed by atoms with Gasteiger partial charge >= 0.3 is 0 Å². The zero-order chi connectivity index (χ0) is 21.9. The Bertz CT molecular complexity index is 1080. The van der Waals surface area contributed by atoms with Crippen molar-refractivity contribution in [1.82, 2.24) is 15.2 Å². The first-order valence-corrected chi connectivity index (χ1v) is 10.6. The molecule has 9 nitrogen and oxygen atoms in total. The molecule has 2 aromatic carbocycles. The highest BCUT2D eigenvalue weighted by atomic mass is 32.2. The molecule has 2 N–H and O–H groups in total. The van der Waals surface area contributed by atoms with Gasteiger partial charge in [-0.1, -0.05) is 17.7 Å². The zero-order valence-electron chi connectivity index (χ0n) is 16.9. The third-order valence-electron chi connectivity index (χ3n) is 4.53. The van der Waals surface area contributed by atoms with E-state index in [0.717, 1.165) is 15.4 Å². The average Bonchev–Trinajstić information content (AvgIpc) is 2.71. The van der Waals surface area contributed by atoms with E-state index in [-0.39, 0.29) is 4.90 Å². The maximum absolute atomic E-state index is 12.8. The van der Waals surface area contributed by atoms with Crippen LogP contribution in [-0.2, 0) is 14.8 Å². The highest BCUT2D eigenvalue weighted by Crippen LogP contribution is 2.32. The van der Waals surface area contributed by atoms with E-state index in [1.54, 1.807) is 19.1 Å². The Kier molecular flexibility index (Phi) is 6.28. The van der Waals surface area contributed by atoms with Crippen molar-refractivity contribution in [2.45, 2.75) is 18.7 Å². The van der Waals surface area contributed by atoms with E-state index in [9.17, 15) is 18.0 Å². The van der Waals surface area contributed by atoms with Gasteiger partial charge in [-0.05, 0) is 37.6 Å². The highest BCUT2D eigenvalue weighted by Gasteiger charge is 2.25. The topological polar surface area (TPSA) is 114 Å². The molecule has 0 spiro atoms. The van der Waals surface area contributed by atoms with E-state index in [4.69, 9.17) is 9.47 Å². The van der Waals surface area contributed by atoms with Crippen molar-refractivity contribution >= 4 is 21.8 Å². The van der Waals surface area contributed by atoms with Crippen LogP contribution in [0.25, 0.3) is 0 Å². The largest absolute Gasteiger partial charge is 0.486 e. The first-order valence-electron chi connectivity index (χ1n) is 9.21. The Morgan fingerprint density at radius 1 is 1.00 bits per heavy atom. The van der Waals surface area contributed by atoms with Crippen LogP contribution in [-0.4, -0.2) is 51.3 Å². The van der Waals surface area contributed by atoms with Crippen LogP contribution in [0.5, 0.6) is 11.5 Å². The maximum atomic E-state index is 12.8. The lowest BCUT2D eigenvalue weighted by Gasteiger charge is -2.21. The minimum absolute atomic E-state index is 0.0265. The molecule has 0 atom stereocenters. The summed E-state index contributed by atoms with van der Waals surface area (Å²) in [6, 6.07) is 9.56. The number of hydrazine groups is 1. The number of aryl methyl sites for hydroxylation is 2. The zero-order valence-corrected chi connectivity index (χ0v) is 17.7. The molecular formula is C20H23N3O6S.